The van der Waals surface area contributed by atoms with Crippen molar-refractivity contribution < 1.29 is 9.47 Å². The molecular weight excluding hydrogens is 410 g/mol. The summed E-state index contributed by atoms with van der Waals surface area (Å²) in [5.41, 5.74) is 8.19. The molecule has 1 fully saturated rings. The smallest absolute Gasteiger partial charge is 0.143 e. The van der Waals surface area contributed by atoms with Crippen LogP contribution in [0.25, 0.3) is 16.7 Å². The second-order valence-corrected chi connectivity index (χ2v) is 9.17. The van der Waals surface area contributed by atoms with Gasteiger partial charge in [0.1, 0.15) is 23.8 Å². The Morgan fingerprint density at radius 1 is 1.09 bits per heavy atom. The number of hydrogen-bond donors (Lipinski definition) is 1. The van der Waals surface area contributed by atoms with Gasteiger partial charge in [0, 0.05) is 31.3 Å². The highest BCUT2D eigenvalue weighted by molar-refractivity contribution is 5.79. The highest BCUT2D eigenvalue weighted by Crippen LogP contribution is 2.35. The van der Waals surface area contributed by atoms with Gasteiger partial charge in [0.05, 0.1) is 16.7 Å². The number of anilines is 1. The van der Waals surface area contributed by atoms with E-state index in [0.29, 0.717) is 0 Å². The fraction of sp³-hybridized carbons (Fsp3) is 0.321. The summed E-state index contributed by atoms with van der Waals surface area (Å²) >= 11 is 0. The molecule has 1 aromatic heterocycles. The van der Waals surface area contributed by atoms with Crippen LogP contribution in [-0.2, 0) is 17.7 Å². The molecule has 0 amide bonds. The first kappa shape index (κ1) is 20.3. The van der Waals surface area contributed by atoms with Gasteiger partial charge < -0.3 is 14.8 Å². The number of aromatic nitrogens is 2. The van der Waals surface area contributed by atoms with E-state index >= 15 is 0 Å². The van der Waals surface area contributed by atoms with Crippen molar-refractivity contribution >= 4 is 16.7 Å². The minimum absolute atomic E-state index is 0.0485. The van der Waals surface area contributed by atoms with E-state index < -0.39 is 0 Å². The van der Waals surface area contributed by atoms with Gasteiger partial charge in [-0.05, 0) is 67.6 Å². The van der Waals surface area contributed by atoms with Gasteiger partial charge in [0.25, 0.3) is 0 Å². The molecule has 3 aromatic carbocycles. The van der Waals surface area contributed by atoms with Gasteiger partial charge in [0.2, 0.25) is 0 Å². The fourth-order valence-electron chi connectivity index (χ4n) is 5.11. The van der Waals surface area contributed by atoms with Crippen molar-refractivity contribution in [3.05, 3.63) is 83.2 Å². The minimum Gasteiger partial charge on any atom is -0.490 e. The second kappa shape index (κ2) is 8.23. The number of rotatable bonds is 5. The Labute approximate surface area is 194 Å². The molecule has 0 spiro atoms. The molecule has 2 aliphatic heterocycles. The van der Waals surface area contributed by atoms with Crippen LogP contribution in [0, 0.1) is 6.92 Å². The Morgan fingerprint density at radius 2 is 2.00 bits per heavy atom. The van der Waals surface area contributed by atoms with Gasteiger partial charge in [-0.3, -0.25) is 4.57 Å². The Bertz CT molecular complexity index is 1320. The zero-order valence-corrected chi connectivity index (χ0v) is 19.2. The van der Waals surface area contributed by atoms with E-state index in [4.69, 9.17) is 14.5 Å². The molecule has 4 aromatic rings. The summed E-state index contributed by atoms with van der Waals surface area (Å²) in [6.45, 7) is 5.87. The summed E-state index contributed by atoms with van der Waals surface area (Å²) in [6, 6.07) is 21.3. The molecule has 2 aliphatic rings. The van der Waals surface area contributed by atoms with Gasteiger partial charge in [-0.15, -0.1) is 0 Å². The van der Waals surface area contributed by atoms with Crippen LogP contribution in [0.4, 0.5) is 5.69 Å². The summed E-state index contributed by atoms with van der Waals surface area (Å²) in [7, 11) is 0. The van der Waals surface area contributed by atoms with E-state index in [2.05, 4.69) is 78.3 Å². The van der Waals surface area contributed by atoms with E-state index in [1.54, 1.807) is 0 Å². The van der Waals surface area contributed by atoms with Gasteiger partial charge in [0.15, 0.2) is 0 Å². The van der Waals surface area contributed by atoms with Crippen LogP contribution in [0.2, 0.25) is 0 Å². The standard InChI is InChI=1S/C28H29N3O2/c1-18-15-20-12-13-22(16-27(20)33-18)29-17-21-7-5-10-24(19(21)2)31-25-9-4-3-8-23(25)30-28(31)26-11-6-14-32-26/h3-5,7-10,12-13,16,18,26,29H,6,11,14-15,17H2,1-2H3/t18-,26?/m0/s1. The molecule has 3 heterocycles. The minimum atomic E-state index is 0.0485. The van der Waals surface area contributed by atoms with Crippen molar-refractivity contribution in [3.63, 3.8) is 0 Å². The van der Waals surface area contributed by atoms with Crippen LogP contribution in [-0.4, -0.2) is 22.3 Å². The van der Waals surface area contributed by atoms with Crippen molar-refractivity contribution in [2.75, 3.05) is 11.9 Å². The third-order valence-electron chi connectivity index (χ3n) is 6.85. The van der Waals surface area contributed by atoms with Gasteiger partial charge in [-0.2, -0.15) is 0 Å². The maximum Gasteiger partial charge on any atom is 0.143 e. The molecule has 33 heavy (non-hydrogen) atoms. The largest absolute Gasteiger partial charge is 0.490 e. The first-order valence-corrected chi connectivity index (χ1v) is 11.9. The zero-order valence-electron chi connectivity index (χ0n) is 19.2. The number of nitrogens with zero attached hydrogens (tertiary/aromatic N) is 2. The van der Waals surface area contributed by atoms with E-state index in [1.807, 2.05) is 6.07 Å². The Morgan fingerprint density at radius 3 is 2.88 bits per heavy atom. The van der Waals surface area contributed by atoms with Crippen molar-refractivity contribution in [3.8, 4) is 11.4 Å². The van der Waals surface area contributed by atoms with Gasteiger partial charge >= 0.3 is 0 Å². The molecule has 1 saturated heterocycles. The summed E-state index contributed by atoms with van der Waals surface area (Å²) in [6.07, 6.45) is 3.40. The topological polar surface area (TPSA) is 48.3 Å². The molecule has 2 atom stereocenters. The first-order chi connectivity index (χ1) is 16.2. The molecule has 0 bridgehead atoms. The van der Waals surface area contributed by atoms with Crippen molar-refractivity contribution in [2.24, 2.45) is 0 Å². The van der Waals surface area contributed by atoms with E-state index in [1.165, 1.54) is 22.4 Å². The third kappa shape index (κ3) is 3.66. The lowest BCUT2D eigenvalue weighted by molar-refractivity contribution is 0.104. The first-order valence-electron chi connectivity index (χ1n) is 11.9. The number of imidazole rings is 1. The normalized spacial score (nSPS) is 19.6. The van der Waals surface area contributed by atoms with Crippen LogP contribution >= 0.6 is 0 Å². The van der Waals surface area contributed by atoms with E-state index in [0.717, 1.165) is 60.7 Å². The van der Waals surface area contributed by atoms with Crippen LogP contribution in [0.15, 0.2) is 60.7 Å². The Balaban J connectivity index is 1.34. The summed E-state index contributed by atoms with van der Waals surface area (Å²) in [5.74, 6) is 2.01. The summed E-state index contributed by atoms with van der Waals surface area (Å²) < 4.78 is 14.3. The lowest BCUT2D eigenvalue weighted by Gasteiger charge is -2.18. The number of benzene rings is 3. The average molecular weight is 440 g/mol. The van der Waals surface area contributed by atoms with Crippen LogP contribution in [0.1, 0.15) is 48.4 Å². The van der Waals surface area contributed by atoms with Crippen LogP contribution in [0.3, 0.4) is 0 Å². The predicted octanol–water partition coefficient (Wildman–Crippen LogP) is 6.12. The molecule has 1 N–H and O–H groups in total. The second-order valence-electron chi connectivity index (χ2n) is 9.17. The van der Waals surface area contributed by atoms with Crippen molar-refractivity contribution in [1.29, 1.82) is 0 Å². The van der Waals surface area contributed by atoms with Crippen molar-refractivity contribution in [1.82, 2.24) is 9.55 Å². The molecule has 6 rings (SSSR count). The van der Waals surface area contributed by atoms with Gasteiger partial charge in [-0.25, -0.2) is 4.98 Å². The predicted molar refractivity (Wildman–Crippen MR) is 131 cm³/mol. The maximum atomic E-state index is 6.04. The SMILES string of the molecule is Cc1c(CNc2ccc3c(c2)O[C@@H](C)C3)cccc1-n1c(C2CCCO2)nc2ccccc21. The number of hydrogen-bond acceptors (Lipinski definition) is 4. The molecule has 0 aliphatic carbocycles. The highest BCUT2D eigenvalue weighted by Gasteiger charge is 2.26. The maximum absolute atomic E-state index is 6.04. The van der Waals surface area contributed by atoms with Crippen LogP contribution in [0.5, 0.6) is 5.75 Å². The molecular formula is C28H29N3O2. The number of fused-ring (bicyclic) bond motifs is 2. The molecule has 168 valence electrons. The lowest BCUT2D eigenvalue weighted by atomic mass is 10.1. The van der Waals surface area contributed by atoms with E-state index in [-0.39, 0.29) is 12.2 Å². The molecule has 5 heteroatoms. The van der Waals surface area contributed by atoms with E-state index in [9.17, 15) is 0 Å². The summed E-state index contributed by atoms with van der Waals surface area (Å²) in [4.78, 5) is 4.98. The molecule has 5 nitrogen and oxygen atoms in total. The van der Waals surface area contributed by atoms with Crippen LogP contribution < -0.4 is 10.1 Å². The average Bonchev–Trinajstić information content (AvgIpc) is 3.55. The van der Waals surface area contributed by atoms with Crippen molar-refractivity contribution in [2.45, 2.75) is 51.9 Å². The zero-order chi connectivity index (χ0) is 22.4. The monoisotopic (exact) mass is 439 g/mol. The number of para-hydroxylation sites is 2. The summed E-state index contributed by atoms with van der Waals surface area (Å²) in [5, 5.41) is 3.60. The van der Waals surface area contributed by atoms with Gasteiger partial charge in [-0.1, -0.05) is 30.3 Å². The fourth-order valence-corrected chi connectivity index (χ4v) is 5.11. The molecule has 1 unspecified atom stereocenters. The highest BCUT2D eigenvalue weighted by atomic mass is 16.5. The Kier molecular flexibility index (Phi) is 5.07. The number of ether oxygens (including phenoxy) is 2. The third-order valence-corrected chi connectivity index (χ3v) is 6.85. The molecule has 0 radical (unpaired) electrons. The Hall–Kier alpha value is -3.31. The number of nitrogens with one attached hydrogen (secondary N) is 1. The lowest BCUT2D eigenvalue weighted by Crippen LogP contribution is -2.10. The quantitative estimate of drug-likeness (QED) is 0.407. The molecule has 0 saturated carbocycles.